The third-order valence-corrected chi connectivity index (χ3v) is 6.62. The van der Waals surface area contributed by atoms with Gasteiger partial charge in [0.05, 0.1) is 18.1 Å². The van der Waals surface area contributed by atoms with E-state index in [4.69, 9.17) is 39.6 Å². The molecule has 0 bridgehead atoms. The summed E-state index contributed by atoms with van der Waals surface area (Å²) in [4.78, 5) is 53.9. The van der Waals surface area contributed by atoms with Crippen LogP contribution in [0.4, 0.5) is 58.5 Å². The quantitative estimate of drug-likeness (QED) is 0.184. The molecule has 322 valence electrons. The van der Waals surface area contributed by atoms with Gasteiger partial charge in [0.25, 0.3) is 0 Å². The maximum atomic E-state index is 10.6. The van der Waals surface area contributed by atoms with Crippen molar-refractivity contribution in [1.29, 1.82) is 0 Å². The minimum Gasteiger partial charge on any atom is -0.475 e. The van der Waals surface area contributed by atoms with Gasteiger partial charge in [0, 0.05) is 80.9 Å². The number of carboxylic acid groups (broad SMARTS) is 4. The van der Waals surface area contributed by atoms with E-state index in [0.717, 1.165) is 55.4 Å². The van der Waals surface area contributed by atoms with Gasteiger partial charge in [-0.15, -0.1) is 0 Å². The highest BCUT2D eigenvalue weighted by Crippen LogP contribution is 2.26. The lowest BCUT2D eigenvalue weighted by molar-refractivity contribution is -0.193. The van der Waals surface area contributed by atoms with E-state index in [1.54, 1.807) is 12.4 Å². The molecule has 0 aromatic carbocycles. The van der Waals surface area contributed by atoms with Crippen molar-refractivity contribution in [3.8, 4) is 11.3 Å². The van der Waals surface area contributed by atoms with Crippen molar-refractivity contribution in [3.63, 3.8) is 0 Å². The van der Waals surface area contributed by atoms with Gasteiger partial charge in [-0.1, -0.05) is 0 Å². The van der Waals surface area contributed by atoms with Crippen LogP contribution in [0.15, 0.2) is 55.5 Å². The predicted octanol–water partition coefficient (Wildman–Crippen LogP) is 5.42. The van der Waals surface area contributed by atoms with Crippen LogP contribution in [0.5, 0.6) is 0 Å². The van der Waals surface area contributed by atoms with Gasteiger partial charge in [-0.05, 0) is 26.0 Å². The summed E-state index contributed by atoms with van der Waals surface area (Å²) in [5, 5.41) is 33.0. The van der Waals surface area contributed by atoms with Crippen LogP contribution in [0, 0.1) is 0 Å². The van der Waals surface area contributed by atoms with E-state index in [1.165, 1.54) is 5.56 Å². The molecule has 1 aliphatic rings. The Hall–Kier alpha value is -6.22. The largest absolute Gasteiger partial charge is 0.490 e. The number of hydrogen-bond donors (Lipinski definition) is 4. The molecule has 1 saturated heterocycles. The number of piperazine rings is 1. The zero-order valence-electron chi connectivity index (χ0n) is 29.3. The molecule has 0 radical (unpaired) electrons. The van der Waals surface area contributed by atoms with Gasteiger partial charge < -0.3 is 25.3 Å². The summed E-state index contributed by atoms with van der Waals surface area (Å²) in [5.74, 6) is -10.1. The van der Waals surface area contributed by atoms with Crippen LogP contribution in [0.1, 0.15) is 25.5 Å². The minimum atomic E-state index is -5.08. The summed E-state index contributed by atoms with van der Waals surface area (Å²) in [6.07, 6.45) is -6.82. The van der Waals surface area contributed by atoms with Crippen LogP contribution in [0.25, 0.3) is 16.9 Å². The topological polar surface area (TPSA) is 217 Å². The lowest BCUT2D eigenvalue weighted by Crippen LogP contribution is -2.46. The molecule has 0 spiro atoms. The number of halogens is 12. The third kappa shape index (κ3) is 16.9. The predicted molar refractivity (Wildman–Crippen MR) is 171 cm³/mol. The number of carboxylic acids is 4. The molecule has 0 amide bonds. The summed E-state index contributed by atoms with van der Waals surface area (Å²) >= 11 is 0. The Bertz CT molecular complexity index is 1840. The fraction of sp³-hybridized carbons (Fsp3) is 0.400. The van der Waals surface area contributed by atoms with E-state index in [1.807, 2.05) is 41.6 Å². The van der Waals surface area contributed by atoms with Gasteiger partial charge >= 0.3 is 48.6 Å². The number of fused-ring (bicyclic) bond motifs is 1. The minimum absolute atomic E-state index is 0.397. The van der Waals surface area contributed by atoms with Crippen molar-refractivity contribution in [2.45, 2.75) is 51.1 Å². The van der Waals surface area contributed by atoms with E-state index in [-0.39, 0.29) is 0 Å². The first kappa shape index (κ1) is 49.8. The molecule has 0 saturated carbocycles. The molecule has 4 aromatic rings. The highest BCUT2D eigenvalue weighted by atomic mass is 19.4. The summed E-state index contributed by atoms with van der Waals surface area (Å²) in [6.45, 7) is 9.09. The molecule has 0 aliphatic carbocycles. The van der Waals surface area contributed by atoms with Gasteiger partial charge in [0.15, 0.2) is 11.5 Å². The Labute approximate surface area is 316 Å². The Morgan fingerprint density at radius 1 is 0.672 bits per heavy atom. The summed E-state index contributed by atoms with van der Waals surface area (Å²) in [5.41, 5.74) is 4.32. The molecular weight excluding hydrogens is 828 g/mol. The first-order valence-electron chi connectivity index (χ1n) is 15.4. The van der Waals surface area contributed by atoms with Crippen LogP contribution >= 0.6 is 0 Å². The average molecular weight is 859 g/mol. The SMILES string of the molecule is CC(C)n1cc(CN2CCN(c3nccn4c(-c5ccncc5)cnc34)CC2)cn1.O=C(O)C(F)(F)F.O=C(O)C(F)(F)F.O=C(O)C(F)(F)F.O=C(O)C(F)(F)F. The number of pyridine rings is 1. The summed E-state index contributed by atoms with van der Waals surface area (Å²) < 4.78 is 131. The van der Waals surface area contributed by atoms with Crippen molar-refractivity contribution in [3.05, 3.63) is 61.1 Å². The van der Waals surface area contributed by atoms with Crippen molar-refractivity contribution in [2.75, 3.05) is 31.1 Å². The number of alkyl halides is 12. The highest BCUT2D eigenvalue weighted by Gasteiger charge is 2.40. The lowest BCUT2D eigenvalue weighted by atomic mass is 10.2. The standard InChI is InChI=1S/C22H26N8.4C2HF3O2/c1-17(2)30-16-18(13-26-30)15-27-9-11-28(12-10-27)21-22-25-14-20(29(22)8-7-24-21)19-3-5-23-6-4-19;4*3-2(4,5)1(6)7/h3-8,13-14,16-17H,9-12,15H2,1-2H3;4*(H,6,7). The van der Waals surface area contributed by atoms with Crippen molar-refractivity contribution >= 4 is 35.3 Å². The van der Waals surface area contributed by atoms with E-state index in [2.05, 4.69) is 54.3 Å². The third-order valence-electron chi connectivity index (χ3n) is 6.62. The molecule has 4 N–H and O–H groups in total. The first-order chi connectivity index (χ1) is 26.5. The van der Waals surface area contributed by atoms with Crippen LogP contribution < -0.4 is 4.90 Å². The van der Waals surface area contributed by atoms with E-state index < -0.39 is 48.6 Å². The number of carbonyl (C=O) groups is 4. The molecule has 58 heavy (non-hydrogen) atoms. The van der Waals surface area contributed by atoms with E-state index in [9.17, 15) is 52.7 Å². The smallest absolute Gasteiger partial charge is 0.475 e. The van der Waals surface area contributed by atoms with Crippen LogP contribution in [0.3, 0.4) is 0 Å². The molecular formula is C30H30F12N8O8. The lowest BCUT2D eigenvalue weighted by Gasteiger charge is -2.35. The number of rotatable bonds is 5. The maximum absolute atomic E-state index is 10.6. The second kappa shape index (κ2) is 20.8. The number of aliphatic carboxylic acids is 4. The molecule has 0 unspecified atom stereocenters. The van der Waals surface area contributed by atoms with Crippen molar-refractivity contribution < 1.29 is 92.3 Å². The molecule has 0 atom stereocenters. The number of anilines is 1. The average Bonchev–Trinajstić information content (AvgIpc) is 3.76. The summed E-state index contributed by atoms with van der Waals surface area (Å²) in [6, 6.07) is 4.40. The fourth-order valence-corrected chi connectivity index (χ4v) is 3.98. The monoisotopic (exact) mass is 858 g/mol. The van der Waals surface area contributed by atoms with Crippen LogP contribution in [-0.4, -0.2) is 129 Å². The second-order valence-corrected chi connectivity index (χ2v) is 11.2. The van der Waals surface area contributed by atoms with Crippen molar-refractivity contribution in [1.82, 2.24) is 34.0 Å². The van der Waals surface area contributed by atoms with Gasteiger partial charge in [-0.2, -0.15) is 57.8 Å². The zero-order valence-corrected chi connectivity index (χ0v) is 29.3. The van der Waals surface area contributed by atoms with Gasteiger partial charge in [0.1, 0.15) is 0 Å². The Balaban J connectivity index is 0.000000489. The molecule has 16 nitrogen and oxygen atoms in total. The number of aromatic nitrogens is 6. The second-order valence-electron chi connectivity index (χ2n) is 11.2. The molecule has 1 aliphatic heterocycles. The van der Waals surface area contributed by atoms with E-state index in [0.29, 0.717) is 6.04 Å². The molecule has 1 fully saturated rings. The Morgan fingerprint density at radius 3 is 1.48 bits per heavy atom. The van der Waals surface area contributed by atoms with Crippen molar-refractivity contribution in [2.24, 2.45) is 0 Å². The van der Waals surface area contributed by atoms with Gasteiger partial charge in [-0.3, -0.25) is 19.0 Å². The fourth-order valence-electron chi connectivity index (χ4n) is 3.98. The van der Waals surface area contributed by atoms with Gasteiger partial charge in [-0.25, -0.2) is 29.1 Å². The van der Waals surface area contributed by atoms with Crippen LogP contribution in [0.2, 0.25) is 0 Å². The first-order valence-corrected chi connectivity index (χ1v) is 15.4. The number of nitrogens with zero attached hydrogens (tertiary/aromatic N) is 8. The summed E-state index contributed by atoms with van der Waals surface area (Å²) in [7, 11) is 0. The molecule has 28 heteroatoms. The molecule has 5 heterocycles. The number of imidazole rings is 1. The normalized spacial score (nSPS) is 13.4. The Morgan fingerprint density at radius 2 is 1.10 bits per heavy atom. The molecule has 5 rings (SSSR count). The molecule has 4 aromatic heterocycles. The maximum Gasteiger partial charge on any atom is 0.490 e. The highest BCUT2D eigenvalue weighted by molar-refractivity contribution is 5.74. The van der Waals surface area contributed by atoms with E-state index >= 15 is 0 Å². The zero-order chi connectivity index (χ0) is 44.8. The van der Waals surface area contributed by atoms with Gasteiger partial charge in [0.2, 0.25) is 0 Å². The number of hydrogen-bond acceptors (Lipinski definition) is 10. The Kier molecular flexibility index (Phi) is 17.9. The van der Waals surface area contributed by atoms with Crippen LogP contribution in [-0.2, 0) is 25.7 Å².